The third-order valence-electron chi connectivity index (χ3n) is 3.11. The van der Waals surface area contributed by atoms with Crippen LogP contribution in [0.5, 0.6) is 0 Å². The third-order valence-corrected chi connectivity index (χ3v) is 4.75. The molecule has 0 fully saturated rings. The number of halogens is 2. The minimum atomic E-state index is -3.26. The first-order valence-corrected chi connectivity index (χ1v) is 9.93. The summed E-state index contributed by atoms with van der Waals surface area (Å²) in [6.45, 7) is 6.06. The van der Waals surface area contributed by atoms with Gasteiger partial charge in [-0.15, -0.1) is 24.0 Å². The first-order valence-electron chi connectivity index (χ1n) is 7.24. The Morgan fingerprint density at radius 1 is 1.33 bits per heavy atom. The minimum Gasteiger partial charge on any atom is -0.355 e. The predicted molar refractivity (Wildman–Crippen MR) is 115 cm³/mol. The number of nitrogens with zero attached hydrogens (tertiary/aromatic N) is 1. The highest BCUT2D eigenvalue weighted by Gasteiger charge is 2.22. The Labute approximate surface area is 170 Å². The van der Waals surface area contributed by atoms with Crippen molar-refractivity contribution in [3.8, 4) is 0 Å². The van der Waals surface area contributed by atoms with Crippen LogP contribution in [-0.2, 0) is 10.0 Å². The topological polar surface area (TPSA) is 82.6 Å². The Balaban J connectivity index is 0.00000529. The molecule has 1 aromatic carbocycles. The number of aliphatic imine (C=N–C) groups is 1. The van der Waals surface area contributed by atoms with E-state index in [1.54, 1.807) is 7.05 Å². The molecule has 0 aliphatic heterocycles. The Morgan fingerprint density at radius 3 is 2.42 bits per heavy atom. The fourth-order valence-electron chi connectivity index (χ4n) is 2.15. The zero-order valence-corrected chi connectivity index (χ0v) is 19.3. The van der Waals surface area contributed by atoms with E-state index in [-0.39, 0.29) is 30.0 Å². The SMILES string of the molecule is CN=C(NCC(C)(C)NS(C)(=O)=O)NC(C)c1ccccc1Br.I. The lowest BCUT2D eigenvalue weighted by Gasteiger charge is -2.27. The van der Waals surface area contributed by atoms with E-state index in [0.717, 1.165) is 16.3 Å². The Bertz CT molecular complexity index is 665. The number of hydrogen-bond donors (Lipinski definition) is 3. The molecule has 0 aliphatic rings. The number of rotatable bonds is 6. The lowest BCUT2D eigenvalue weighted by Crippen LogP contribution is -2.53. The van der Waals surface area contributed by atoms with Gasteiger partial charge in [-0.05, 0) is 32.4 Å². The summed E-state index contributed by atoms with van der Waals surface area (Å²) in [6, 6.07) is 8.01. The van der Waals surface area contributed by atoms with Crippen LogP contribution in [0.2, 0.25) is 0 Å². The van der Waals surface area contributed by atoms with E-state index in [9.17, 15) is 8.42 Å². The molecule has 1 atom stereocenters. The quantitative estimate of drug-likeness (QED) is 0.299. The van der Waals surface area contributed by atoms with E-state index >= 15 is 0 Å². The fourth-order valence-corrected chi connectivity index (χ4v) is 3.85. The van der Waals surface area contributed by atoms with Crippen LogP contribution in [-0.4, -0.2) is 39.8 Å². The van der Waals surface area contributed by atoms with Crippen LogP contribution < -0.4 is 15.4 Å². The molecule has 0 bridgehead atoms. The third kappa shape index (κ3) is 8.63. The minimum absolute atomic E-state index is 0. The van der Waals surface area contributed by atoms with Gasteiger partial charge in [-0.1, -0.05) is 34.1 Å². The van der Waals surface area contributed by atoms with Gasteiger partial charge in [0, 0.05) is 23.6 Å². The number of nitrogens with one attached hydrogen (secondary N) is 3. The second-order valence-corrected chi connectivity index (χ2v) is 8.67. The maximum Gasteiger partial charge on any atom is 0.209 e. The van der Waals surface area contributed by atoms with Crippen molar-refractivity contribution in [1.82, 2.24) is 15.4 Å². The molecule has 0 spiro atoms. The molecule has 24 heavy (non-hydrogen) atoms. The molecule has 0 saturated carbocycles. The molecule has 0 aromatic heterocycles. The first kappa shape index (κ1) is 23.6. The normalized spacial score (nSPS) is 13.8. The van der Waals surface area contributed by atoms with Crippen LogP contribution in [0, 0.1) is 0 Å². The molecular weight excluding hydrogens is 507 g/mol. The molecule has 0 heterocycles. The highest BCUT2D eigenvalue weighted by molar-refractivity contribution is 14.0. The lowest BCUT2D eigenvalue weighted by atomic mass is 10.1. The number of guanidine groups is 1. The van der Waals surface area contributed by atoms with Gasteiger partial charge in [-0.2, -0.15) is 0 Å². The van der Waals surface area contributed by atoms with Gasteiger partial charge in [-0.3, -0.25) is 4.99 Å². The molecule has 0 saturated heterocycles. The summed E-state index contributed by atoms with van der Waals surface area (Å²) < 4.78 is 26.4. The summed E-state index contributed by atoms with van der Waals surface area (Å²) in [5, 5.41) is 6.44. The van der Waals surface area contributed by atoms with Crippen molar-refractivity contribution in [1.29, 1.82) is 0 Å². The average molecular weight is 533 g/mol. The van der Waals surface area contributed by atoms with E-state index in [0.29, 0.717) is 12.5 Å². The van der Waals surface area contributed by atoms with Gasteiger partial charge in [0.05, 0.1) is 12.3 Å². The van der Waals surface area contributed by atoms with Crippen molar-refractivity contribution >= 4 is 55.9 Å². The molecule has 0 radical (unpaired) electrons. The number of hydrogen-bond acceptors (Lipinski definition) is 3. The summed E-state index contributed by atoms with van der Waals surface area (Å²) in [6.07, 6.45) is 1.15. The molecule has 1 rings (SSSR count). The molecule has 3 N–H and O–H groups in total. The Hall–Kier alpha value is -0.390. The van der Waals surface area contributed by atoms with Crippen molar-refractivity contribution in [2.45, 2.75) is 32.4 Å². The van der Waals surface area contributed by atoms with Gasteiger partial charge in [0.25, 0.3) is 0 Å². The predicted octanol–water partition coefficient (Wildman–Crippen LogP) is 2.62. The molecule has 138 valence electrons. The summed E-state index contributed by atoms with van der Waals surface area (Å²) in [7, 11) is -1.58. The van der Waals surface area contributed by atoms with E-state index in [4.69, 9.17) is 0 Å². The van der Waals surface area contributed by atoms with Gasteiger partial charge >= 0.3 is 0 Å². The standard InChI is InChI=1S/C15H25BrN4O2S.HI/c1-11(12-8-6-7-9-13(12)16)19-14(17-4)18-10-15(2,3)20-23(5,21)22;/h6-9,11,20H,10H2,1-5H3,(H2,17,18,19);1H. The second kappa shape index (κ2) is 9.93. The highest BCUT2D eigenvalue weighted by Crippen LogP contribution is 2.22. The van der Waals surface area contributed by atoms with Gasteiger partial charge in [0.1, 0.15) is 0 Å². The summed E-state index contributed by atoms with van der Waals surface area (Å²) in [5.74, 6) is 0.608. The van der Waals surface area contributed by atoms with Crippen molar-refractivity contribution < 1.29 is 8.42 Å². The molecule has 1 unspecified atom stereocenters. The van der Waals surface area contributed by atoms with E-state index in [1.807, 2.05) is 45.0 Å². The zero-order chi connectivity index (χ0) is 17.7. The maximum atomic E-state index is 11.4. The van der Waals surface area contributed by atoms with Gasteiger partial charge < -0.3 is 10.6 Å². The average Bonchev–Trinajstić information content (AvgIpc) is 2.41. The monoisotopic (exact) mass is 532 g/mol. The van der Waals surface area contributed by atoms with Gasteiger partial charge in [0.2, 0.25) is 10.0 Å². The van der Waals surface area contributed by atoms with Crippen molar-refractivity contribution in [3.05, 3.63) is 34.3 Å². The van der Waals surface area contributed by atoms with Crippen LogP contribution >= 0.6 is 39.9 Å². The molecular formula is C15H26BrIN4O2S. The fraction of sp³-hybridized carbons (Fsp3) is 0.533. The van der Waals surface area contributed by atoms with Crippen LogP contribution in [0.3, 0.4) is 0 Å². The number of sulfonamides is 1. The van der Waals surface area contributed by atoms with Crippen molar-refractivity contribution in [3.63, 3.8) is 0 Å². The molecule has 0 aliphatic carbocycles. The maximum absolute atomic E-state index is 11.4. The smallest absolute Gasteiger partial charge is 0.209 e. The molecule has 0 amide bonds. The molecule has 1 aromatic rings. The first-order chi connectivity index (χ1) is 10.5. The number of benzene rings is 1. The molecule has 9 heteroatoms. The largest absolute Gasteiger partial charge is 0.355 e. The van der Waals surface area contributed by atoms with Gasteiger partial charge in [-0.25, -0.2) is 13.1 Å². The van der Waals surface area contributed by atoms with Crippen LogP contribution in [0.4, 0.5) is 0 Å². The second-order valence-electron chi connectivity index (χ2n) is 6.07. The summed E-state index contributed by atoms with van der Waals surface area (Å²) in [5.41, 5.74) is 0.492. The Morgan fingerprint density at radius 2 is 1.92 bits per heavy atom. The van der Waals surface area contributed by atoms with Crippen LogP contribution in [0.25, 0.3) is 0 Å². The van der Waals surface area contributed by atoms with Gasteiger partial charge in [0.15, 0.2) is 5.96 Å². The van der Waals surface area contributed by atoms with E-state index in [1.165, 1.54) is 0 Å². The lowest BCUT2D eigenvalue weighted by molar-refractivity contribution is 0.445. The Kier molecular flexibility index (Phi) is 9.77. The van der Waals surface area contributed by atoms with E-state index in [2.05, 4.69) is 36.3 Å². The summed E-state index contributed by atoms with van der Waals surface area (Å²) in [4.78, 5) is 4.18. The molecule has 6 nitrogen and oxygen atoms in total. The van der Waals surface area contributed by atoms with Crippen LogP contribution in [0.15, 0.2) is 33.7 Å². The van der Waals surface area contributed by atoms with Crippen molar-refractivity contribution in [2.75, 3.05) is 19.8 Å². The van der Waals surface area contributed by atoms with E-state index < -0.39 is 15.6 Å². The zero-order valence-electron chi connectivity index (χ0n) is 14.6. The summed E-state index contributed by atoms with van der Waals surface area (Å²) >= 11 is 3.54. The van der Waals surface area contributed by atoms with Crippen LogP contribution in [0.1, 0.15) is 32.4 Å². The van der Waals surface area contributed by atoms with Crippen molar-refractivity contribution in [2.24, 2.45) is 4.99 Å². The highest BCUT2D eigenvalue weighted by atomic mass is 127.